The van der Waals surface area contributed by atoms with E-state index in [0.29, 0.717) is 42.6 Å². The number of hydrogen-bond acceptors (Lipinski definition) is 5. The second-order valence-corrected chi connectivity index (χ2v) is 6.57. The highest BCUT2D eigenvalue weighted by Crippen LogP contribution is 2.23. The van der Waals surface area contributed by atoms with E-state index < -0.39 is 0 Å². The van der Waals surface area contributed by atoms with E-state index in [4.69, 9.17) is 16.3 Å². The zero-order valence-electron chi connectivity index (χ0n) is 14.2. The van der Waals surface area contributed by atoms with Crippen molar-refractivity contribution in [2.75, 3.05) is 19.7 Å². The maximum Gasteiger partial charge on any atom is 0.286 e. The van der Waals surface area contributed by atoms with Crippen LogP contribution < -0.4 is 5.56 Å². The largest absolute Gasteiger partial charge is 0.371 e. The van der Waals surface area contributed by atoms with Gasteiger partial charge in [0.05, 0.1) is 25.1 Å². The molecule has 0 aliphatic carbocycles. The van der Waals surface area contributed by atoms with Crippen molar-refractivity contribution in [3.8, 4) is 6.07 Å². The van der Waals surface area contributed by atoms with Crippen molar-refractivity contribution >= 4 is 11.6 Å². The second-order valence-electron chi connectivity index (χ2n) is 6.13. The number of halogens is 1. The standard InChI is InChI=1S/C18H19ClN4O2/c1-12-13(2)21-23(18(24)16(12)9-20)11-22-7-8-25-17(10-22)14-3-5-15(19)6-4-14/h3-6,17H,7-8,10-11H2,1-2H3/t17-/m1/s1. The summed E-state index contributed by atoms with van der Waals surface area (Å²) in [5.41, 5.74) is 2.20. The van der Waals surface area contributed by atoms with Gasteiger partial charge in [0.25, 0.3) is 5.56 Å². The number of ether oxygens (including phenoxy) is 1. The Hall–Kier alpha value is -2.20. The summed E-state index contributed by atoms with van der Waals surface area (Å²) in [6.07, 6.45) is -0.0799. The van der Waals surface area contributed by atoms with E-state index in [0.717, 1.165) is 5.56 Å². The van der Waals surface area contributed by atoms with Crippen LogP contribution in [0.5, 0.6) is 0 Å². The normalized spacial score (nSPS) is 18.1. The van der Waals surface area contributed by atoms with Crippen LogP contribution in [-0.4, -0.2) is 34.4 Å². The van der Waals surface area contributed by atoms with Crippen LogP contribution in [-0.2, 0) is 11.4 Å². The number of hydrogen-bond donors (Lipinski definition) is 0. The Kier molecular flexibility index (Phi) is 5.19. The number of aryl methyl sites for hydroxylation is 1. The molecule has 1 atom stereocenters. The van der Waals surface area contributed by atoms with Gasteiger partial charge in [-0.3, -0.25) is 9.69 Å². The lowest BCUT2D eigenvalue weighted by Gasteiger charge is -2.33. The van der Waals surface area contributed by atoms with Crippen LogP contribution >= 0.6 is 11.6 Å². The number of aromatic nitrogens is 2. The summed E-state index contributed by atoms with van der Waals surface area (Å²) in [4.78, 5) is 14.5. The Morgan fingerprint density at radius 1 is 1.36 bits per heavy atom. The summed E-state index contributed by atoms with van der Waals surface area (Å²) < 4.78 is 7.21. The maximum atomic E-state index is 12.4. The zero-order chi connectivity index (χ0) is 18.0. The van der Waals surface area contributed by atoms with Gasteiger partial charge < -0.3 is 4.74 Å². The lowest BCUT2D eigenvalue weighted by molar-refractivity contribution is -0.0422. The predicted octanol–water partition coefficient (Wildman–Crippen LogP) is 2.42. The molecule has 7 heteroatoms. The highest BCUT2D eigenvalue weighted by Gasteiger charge is 2.23. The molecule has 1 fully saturated rings. The number of morpholine rings is 1. The number of nitriles is 1. The van der Waals surface area contributed by atoms with E-state index in [2.05, 4.69) is 10.00 Å². The van der Waals surface area contributed by atoms with Gasteiger partial charge >= 0.3 is 0 Å². The third kappa shape index (κ3) is 3.74. The fraction of sp³-hybridized carbons (Fsp3) is 0.389. The molecule has 2 aromatic rings. The summed E-state index contributed by atoms with van der Waals surface area (Å²) in [7, 11) is 0. The molecule has 0 spiro atoms. The van der Waals surface area contributed by atoms with E-state index in [1.807, 2.05) is 37.3 Å². The average molecular weight is 359 g/mol. The highest BCUT2D eigenvalue weighted by molar-refractivity contribution is 6.30. The van der Waals surface area contributed by atoms with Crippen molar-refractivity contribution in [2.45, 2.75) is 26.6 Å². The van der Waals surface area contributed by atoms with E-state index in [1.165, 1.54) is 4.68 Å². The first-order valence-corrected chi connectivity index (χ1v) is 8.45. The van der Waals surface area contributed by atoms with Crippen LogP contribution in [0.3, 0.4) is 0 Å². The third-order valence-corrected chi connectivity index (χ3v) is 4.73. The minimum atomic E-state index is -0.347. The first-order chi connectivity index (χ1) is 12.0. The molecule has 130 valence electrons. The summed E-state index contributed by atoms with van der Waals surface area (Å²) in [6, 6.07) is 9.57. The lowest BCUT2D eigenvalue weighted by Crippen LogP contribution is -2.42. The highest BCUT2D eigenvalue weighted by atomic mass is 35.5. The Labute approximate surface area is 151 Å². The van der Waals surface area contributed by atoms with Crippen molar-refractivity contribution in [3.63, 3.8) is 0 Å². The van der Waals surface area contributed by atoms with E-state index in [-0.39, 0.29) is 17.2 Å². The number of nitrogens with zero attached hydrogens (tertiary/aromatic N) is 4. The van der Waals surface area contributed by atoms with Gasteiger partial charge in [-0.15, -0.1) is 0 Å². The van der Waals surface area contributed by atoms with Crippen molar-refractivity contribution in [1.29, 1.82) is 5.26 Å². The zero-order valence-corrected chi connectivity index (χ0v) is 15.0. The first kappa shape index (κ1) is 17.6. The molecule has 0 saturated carbocycles. The molecule has 1 saturated heterocycles. The van der Waals surface area contributed by atoms with Crippen LogP contribution in [0.2, 0.25) is 5.02 Å². The molecule has 3 rings (SSSR count). The lowest BCUT2D eigenvalue weighted by atomic mass is 10.1. The molecule has 1 aliphatic rings. The average Bonchev–Trinajstić information content (AvgIpc) is 2.61. The van der Waals surface area contributed by atoms with E-state index >= 15 is 0 Å². The molecule has 2 heterocycles. The Morgan fingerprint density at radius 3 is 2.76 bits per heavy atom. The van der Waals surface area contributed by atoms with Gasteiger partial charge in [-0.1, -0.05) is 23.7 Å². The van der Waals surface area contributed by atoms with Crippen LogP contribution in [0.15, 0.2) is 29.1 Å². The number of benzene rings is 1. The van der Waals surface area contributed by atoms with Crippen molar-refractivity contribution < 1.29 is 4.74 Å². The summed E-state index contributed by atoms with van der Waals surface area (Å²) in [5.74, 6) is 0. The van der Waals surface area contributed by atoms with Gasteiger partial charge in [0, 0.05) is 18.1 Å². The Balaban J connectivity index is 1.80. The number of rotatable bonds is 3. The van der Waals surface area contributed by atoms with Crippen LogP contribution in [0.1, 0.15) is 28.5 Å². The van der Waals surface area contributed by atoms with E-state index in [9.17, 15) is 10.1 Å². The second kappa shape index (κ2) is 7.36. The summed E-state index contributed by atoms with van der Waals surface area (Å²) >= 11 is 5.94. The molecule has 1 aromatic heterocycles. The van der Waals surface area contributed by atoms with Crippen LogP contribution in [0.25, 0.3) is 0 Å². The quantitative estimate of drug-likeness (QED) is 0.842. The molecule has 0 radical (unpaired) electrons. The van der Waals surface area contributed by atoms with Gasteiger partial charge in [0.1, 0.15) is 11.6 Å². The molecular formula is C18H19ClN4O2. The monoisotopic (exact) mass is 358 g/mol. The summed E-state index contributed by atoms with van der Waals surface area (Å²) in [6.45, 7) is 5.80. The van der Waals surface area contributed by atoms with Crippen LogP contribution in [0.4, 0.5) is 0 Å². The molecule has 1 aromatic carbocycles. The summed E-state index contributed by atoms with van der Waals surface area (Å²) in [5, 5.41) is 14.3. The molecular weight excluding hydrogens is 340 g/mol. The van der Waals surface area contributed by atoms with Gasteiger partial charge in [0.2, 0.25) is 0 Å². The molecule has 6 nitrogen and oxygen atoms in total. The Morgan fingerprint density at radius 2 is 2.08 bits per heavy atom. The van der Waals surface area contributed by atoms with Crippen LogP contribution in [0, 0.1) is 25.2 Å². The molecule has 0 bridgehead atoms. The van der Waals surface area contributed by atoms with E-state index in [1.54, 1.807) is 6.92 Å². The molecule has 1 aliphatic heterocycles. The van der Waals surface area contributed by atoms with Gasteiger partial charge in [0.15, 0.2) is 0 Å². The SMILES string of the molecule is Cc1nn(CN2CCO[C@@H](c3ccc(Cl)cc3)C2)c(=O)c(C#N)c1C. The minimum absolute atomic E-state index is 0.0799. The predicted molar refractivity (Wildman–Crippen MR) is 94.4 cm³/mol. The molecule has 0 amide bonds. The fourth-order valence-electron chi connectivity index (χ4n) is 2.90. The first-order valence-electron chi connectivity index (χ1n) is 8.07. The molecule has 0 N–H and O–H groups in total. The van der Waals surface area contributed by atoms with Gasteiger partial charge in [-0.25, -0.2) is 4.68 Å². The smallest absolute Gasteiger partial charge is 0.286 e. The molecule has 0 unspecified atom stereocenters. The fourth-order valence-corrected chi connectivity index (χ4v) is 3.02. The Bertz CT molecular complexity index is 870. The van der Waals surface area contributed by atoms with Crippen molar-refractivity contribution in [3.05, 3.63) is 62.0 Å². The topological polar surface area (TPSA) is 71.2 Å². The maximum absolute atomic E-state index is 12.4. The van der Waals surface area contributed by atoms with Gasteiger partial charge in [-0.2, -0.15) is 10.4 Å². The third-order valence-electron chi connectivity index (χ3n) is 4.47. The van der Waals surface area contributed by atoms with Crippen molar-refractivity contribution in [1.82, 2.24) is 14.7 Å². The molecule has 25 heavy (non-hydrogen) atoms. The van der Waals surface area contributed by atoms with Crippen molar-refractivity contribution in [2.24, 2.45) is 0 Å². The minimum Gasteiger partial charge on any atom is -0.371 e. The van der Waals surface area contributed by atoms with Gasteiger partial charge in [-0.05, 0) is 37.1 Å².